The van der Waals surface area contributed by atoms with Crippen molar-refractivity contribution in [2.45, 2.75) is 6.92 Å². The van der Waals surface area contributed by atoms with Crippen LogP contribution in [0.25, 0.3) is 10.9 Å². The number of halogens is 1. The van der Waals surface area contributed by atoms with Crippen molar-refractivity contribution < 1.29 is 4.74 Å². The minimum Gasteiger partial charge on any atom is -0.455 e. The van der Waals surface area contributed by atoms with Gasteiger partial charge in [-0.1, -0.05) is 22.0 Å². The Labute approximate surface area is 128 Å². The normalized spacial score (nSPS) is 10.8. The number of ether oxygens (including phenoxy) is 1. The molecule has 3 rings (SSSR count). The van der Waals surface area contributed by atoms with Gasteiger partial charge in [0, 0.05) is 10.5 Å². The van der Waals surface area contributed by atoms with Gasteiger partial charge >= 0.3 is 0 Å². The largest absolute Gasteiger partial charge is 0.455 e. The molecule has 106 valence electrons. The second-order valence-corrected chi connectivity index (χ2v) is 5.57. The first-order valence-electron chi connectivity index (χ1n) is 6.25. The molecular weight excluding hydrogens is 334 g/mol. The molecule has 0 radical (unpaired) electrons. The van der Waals surface area contributed by atoms with Crippen molar-refractivity contribution in [3.8, 4) is 11.5 Å². The molecule has 0 amide bonds. The monoisotopic (exact) mass is 345 g/mol. The number of hydrogen-bond acceptors (Lipinski definition) is 4. The van der Waals surface area contributed by atoms with Crippen LogP contribution in [0.3, 0.4) is 0 Å². The number of hydrogen-bond donors (Lipinski definition) is 2. The van der Waals surface area contributed by atoms with Gasteiger partial charge in [-0.05, 0) is 30.7 Å². The van der Waals surface area contributed by atoms with Crippen molar-refractivity contribution in [3.63, 3.8) is 0 Å². The molecule has 2 aromatic carbocycles. The second kappa shape index (κ2) is 5.21. The number of nitrogens with zero attached hydrogens (tertiary/aromatic N) is 1. The minimum atomic E-state index is -0.225. The van der Waals surface area contributed by atoms with Gasteiger partial charge in [-0.15, -0.1) is 0 Å². The van der Waals surface area contributed by atoms with Gasteiger partial charge in [0.05, 0.1) is 22.9 Å². The molecule has 0 spiro atoms. The van der Waals surface area contributed by atoms with Crippen LogP contribution in [0.1, 0.15) is 5.56 Å². The molecule has 1 aromatic heterocycles. The van der Waals surface area contributed by atoms with Crippen molar-refractivity contribution >= 4 is 32.5 Å². The smallest absolute Gasteiger partial charge is 0.258 e. The SMILES string of the molecule is Cc1ccc(Br)cc1Oc1cc2nc[nH]c(=O)c2cc1N. The number of aryl methyl sites for hydroxylation is 1. The first-order valence-corrected chi connectivity index (χ1v) is 7.05. The first kappa shape index (κ1) is 13.6. The summed E-state index contributed by atoms with van der Waals surface area (Å²) in [6.45, 7) is 1.95. The number of nitrogen functional groups attached to an aromatic ring is 1. The fourth-order valence-corrected chi connectivity index (χ4v) is 2.34. The number of benzene rings is 2. The maximum absolute atomic E-state index is 11.7. The molecule has 6 heteroatoms. The van der Waals surface area contributed by atoms with Gasteiger partial charge in [-0.2, -0.15) is 0 Å². The average molecular weight is 346 g/mol. The summed E-state index contributed by atoms with van der Waals surface area (Å²) in [5, 5.41) is 0.438. The fraction of sp³-hybridized carbons (Fsp3) is 0.0667. The van der Waals surface area contributed by atoms with Crippen LogP contribution in [0.5, 0.6) is 11.5 Å². The van der Waals surface area contributed by atoms with E-state index in [0.717, 1.165) is 10.0 Å². The van der Waals surface area contributed by atoms with Crippen molar-refractivity contribution in [1.29, 1.82) is 0 Å². The van der Waals surface area contributed by atoms with Gasteiger partial charge in [0.25, 0.3) is 5.56 Å². The number of nitrogens with two attached hydrogens (primary N) is 1. The van der Waals surface area contributed by atoms with Gasteiger partial charge in [-0.3, -0.25) is 4.79 Å². The van der Waals surface area contributed by atoms with Crippen LogP contribution in [-0.4, -0.2) is 9.97 Å². The number of anilines is 1. The van der Waals surface area contributed by atoms with Crippen LogP contribution < -0.4 is 16.0 Å². The highest BCUT2D eigenvalue weighted by Gasteiger charge is 2.09. The van der Waals surface area contributed by atoms with E-state index in [1.807, 2.05) is 25.1 Å². The third kappa shape index (κ3) is 2.62. The van der Waals surface area contributed by atoms with E-state index in [0.29, 0.717) is 28.1 Å². The lowest BCUT2D eigenvalue weighted by atomic mass is 10.2. The van der Waals surface area contributed by atoms with Crippen LogP contribution in [0.4, 0.5) is 5.69 Å². The van der Waals surface area contributed by atoms with E-state index in [9.17, 15) is 4.79 Å². The van der Waals surface area contributed by atoms with E-state index < -0.39 is 0 Å². The van der Waals surface area contributed by atoms with Gasteiger partial charge in [0.15, 0.2) is 5.75 Å². The zero-order valence-corrected chi connectivity index (χ0v) is 12.8. The highest BCUT2D eigenvalue weighted by Crippen LogP contribution is 2.33. The number of rotatable bonds is 2. The Bertz CT molecular complexity index is 890. The van der Waals surface area contributed by atoms with Gasteiger partial charge in [0.1, 0.15) is 5.75 Å². The Balaban J connectivity index is 2.10. The van der Waals surface area contributed by atoms with E-state index in [-0.39, 0.29) is 5.56 Å². The molecule has 0 saturated carbocycles. The Morgan fingerprint density at radius 3 is 2.86 bits per heavy atom. The number of aromatic nitrogens is 2. The topological polar surface area (TPSA) is 81.0 Å². The lowest BCUT2D eigenvalue weighted by Gasteiger charge is -2.11. The summed E-state index contributed by atoms with van der Waals surface area (Å²) in [7, 11) is 0. The molecule has 0 aliphatic heterocycles. The van der Waals surface area contributed by atoms with Gasteiger partial charge < -0.3 is 15.5 Å². The van der Waals surface area contributed by atoms with Crippen molar-refractivity contribution in [2.24, 2.45) is 0 Å². The van der Waals surface area contributed by atoms with Crippen molar-refractivity contribution in [3.05, 3.63) is 57.0 Å². The van der Waals surface area contributed by atoms with E-state index >= 15 is 0 Å². The zero-order chi connectivity index (χ0) is 15.0. The molecule has 1 heterocycles. The fourth-order valence-electron chi connectivity index (χ4n) is 2.00. The van der Waals surface area contributed by atoms with Crippen LogP contribution in [-0.2, 0) is 0 Å². The van der Waals surface area contributed by atoms with Crippen LogP contribution in [0.15, 0.2) is 45.9 Å². The number of nitrogens with one attached hydrogen (secondary N) is 1. The Morgan fingerprint density at radius 2 is 2.05 bits per heavy atom. The summed E-state index contributed by atoms with van der Waals surface area (Å²) in [5.41, 5.74) is 7.66. The molecule has 21 heavy (non-hydrogen) atoms. The summed E-state index contributed by atoms with van der Waals surface area (Å²) in [5.74, 6) is 1.17. The lowest BCUT2D eigenvalue weighted by molar-refractivity contribution is 0.481. The summed E-state index contributed by atoms with van der Waals surface area (Å²) in [4.78, 5) is 18.3. The van der Waals surface area contributed by atoms with Crippen LogP contribution in [0.2, 0.25) is 0 Å². The lowest BCUT2D eigenvalue weighted by Crippen LogP contribution is -2.07. The summed E-state index contributed by atoms with van der Waals surface area (Å²) < 4.78 is 6.78. The number of H-pyrrole nitrogens is 1. The standard InChI is InChI=1S/C15H12BrN3O2/c1-8-2-3-9(16)4-13(8)21-14-6-12-10(5-11(14)17)15(20)19-7-18-12/h2-7H,17H2,1H3,(H,18,19,20). The molecule has 0 aliphatic carbocycles. The van der Waals surface area contributed by atoms with Gasteiger partial charge in [0.2, 0.25) is 0 Å². The Morgan fingerprint density at radius 1 is 1.24 bits per heavy atom. The van der Waals surface area contributed by atoms with Crippen LogP contribution >= 0.6 is 15.9 Å². The first-order chi connectivity index (χ1) is 10.0. The Hall–Kier alpha value is -2.34. The van der Waals surface area contributed by atoms with Crippen molar-refractivity contribution in [1.82, 2.24) is 9.97 Å². The Kier molecular flexibility index (Phi) is 3.39. The van der Waals surface area contributed by atoms with E-state index in [2.05, 4.69) is 25.9 Å². The molecule has 0 saturated heterocycles. The third-order valence-electron chi connectivity index (χ3n) is 3.14. The van der Waals surface area contributed by atoms with Crippen molar-refractivity contribution in [2.75, 3.05) is 5.73 Å². The second-order valence-electron chi connectivity index (χ2n) is 4.65. The minimum absolute atomic E-state index is 0.225. The molecule has 0 unspecified atom stereocenters. The maximum Gasteiger partial charge on any atom is 0.258 e. The maximum atomic E-state index is 11.7. The number of aromatic amines is 1. The summed E-state index contributed by atoms with van der Waals surface area (Å²) in [6.07, 6.45) is 1.36. The molecule has 3 aromatic rings. The molecule has 5 nitrogen and oxygen atoms in total. The van der Waals surface area contributed by atoms with E-state index in [1.165, 1.54) is 6.33 Å². The van der Waals surface area contributed by atoms with E-state index in [4.69, 9.17) is 10.5 Å². The predicted molar refractivity (Wildman–Crippen MR) is 85.7 cm³/mol. The summed E-state index contributed by atoms with van der Waals surface area (Å²) in [6, 6.07) is 8.99. The quantitative estimate of drug-likeness (QED) is 0.697. The summed E-state index contributed by atoms with van der Waals surface area (Å²) >= 11 is 3.41. The zero-order valence-electron chi connectivity index (χ0n) is 11.2. The van der Waals surface area contributed by atoms with Crippen LogP contribution in [0, 0.1) is 6.92 Å². The third-order valence-corrected chi connectivity index (χ3v) is 3.64. The van der Waals surface area contributed by atoms with E-state index in [1.54, 1.807) is 12.1 Å². The predicted octanol–water partition coefficient (Wildman–Crippen LogP) is 3.37. The average Bonchev–Trinajstić information content (AvgIpc) is 2.45. The highest BCUT2D eigenvalue weighted by molar-refractivity contribution is 9.10. The number of fused-ring (bicyclic) bond motifs is 1. The molecule has 0 atom stereocenters. The molecule has 0 bridgehead atoms. The molecular formula is C15H12BrN3O2. The molecule has 3 N–H and O–H groups in total. The highest BCUT2D eigenvalue weighted by atomic mass is 79.9. The molecule has 0 aliphatic rings. The van der Waals surface area contributed by atoms with Gasteiger partial charge in [-0.25, -0.2) is 4.98 Å². The molecule has 0 fully saturated rings.